The maximum atomic E-state index is 7.15. The molecule has 4 heteroatoms. The van der Waals surface area contributed by atoms with Crippen molar-refractivity contribution in [3.05, 3.63) is 139 Å². The fourth-order valence-electron chi connectivity index (χ4n) is 8.19. The van der Waals surface area contributed by atoms with Gasteiger partial charge in [0.15, 0.2) is 0 Å². The summed E-state index contributed by atoms with van der Waals surface area (Å²) in [7, 11) is 0. The second-order valence-electron chi connectivity index (χ2n) is 15.9. The Bertz CT molecular complexity index is 2370. The van der Waals surface area contributed by atoms with Gasteiger partial charge in [0, 0.05) is 0 Å². The van der Waals surface area contributed by atoms with Crippen LogP contribution in [0.15, 0.2) is 127 Å². The van der Waals surface area contributed by atoms with Crippen LogP contribution in [0.1, 0.15) is 52.7 Å². The van der Waals surface area contributed by atoms with Gasteiger partial charge in [0.1, 0.15) is 0 Å². The van der Waals surface area contributed by atoms with Crippen molar-refractivity contribution in [2.45, 2.75) is 52.4 Å². The van der Waals surface area contributed by atoms with Crippen LogP contribution in [0.5, 0.6) is 11.5 Å². The zero-order valence-corrected chi connectivity index (χ0v) is 31.9. The van der Waals surface area contributed by atoms with Crippen LogP contribution in [0.2, 0.25) is 0 Å². The van der Waals surface area contributed by atoms with Gasteiger partial charge < -0.3 is 0 Å². The fraction of sp³-hybridized carbons (Fsp3) is 0.174. The Hall–Kier alpha value is -4.72. The number of rotatable bonds is 2. The Morgan fingerprint density at radius 1 is 0.460 bits per heavy atom. The topological polar surface area (TPSA) is 15.7 Å². The molecule has 0 saturated carbocycles. The fourth-order valence-corrected chi connectivity index (χ4v) is 16.8. The zero-order valence-electron chi connectivity index (χ0n) is 29.4. The Balaban J connectivity index is 1.33. The first-order chi connectivity index (χ1) is 24.1. The first-order valence-corrected chi connectivity index (χ1v) is 21.4. The predicted octanol–water partition coefficient (Wildman–Crippen LogP) is 10.8. The molecule has 7 aromatic carbocycles. The van der Waals surface area contributed by atoms with Crippen molar-refractivity contribution in [2.75, 3.05) is 9.80 Å². The molecule has 0 saturated heterocycles. The number of hydrogen-bond acceptors (Lipinski definition) is 3. The van der Waals surface area contributed by atoms with Crippen LogP contribution in [-0.4, -0.2) is 20.2 Å². The number of hydrogen-bond donors (Lipinski definition) is 0. The van der Waals surface area contributed by atoms with Crippen molar-refractivity contribution in [1.82, 2.24) is 0 Å². The van der Waals surface area contributed by atoms with E-state index in [1.807, 2.05) is 0 Å². The first kappa shape index (κ1) is 30.1. The van der Waals surface area contributed by atoms with Crippen LogP contribution in [0, 0.1) is 0 Å². The van der Waals surface area contributed by atoms with Crippen LogP contribution in [0.4, 0.5) is 34.1 Å². The summed E-state index contributed by atoms with van der Waals surface area (Å²) in [4.78, 5) is 5.10. The number of nitrogens with zero attached hydrogens (tertiary/aromatic N) is 2. The number of anilines is 6. The monoisotopic (exact) mass is 756 g/mol. The van der Waals surface area contributed by atoms with Crippen molar-refractivity contribution in [2.24, 2.45) is 0 Å². The summed E-state index contributed by atoms with van der Waals surface area (Å²) in [6, 6.07) is 47.9. The molecular weight excluding hydrogens is 718 g/mol. The minimum atomic E-state index is -2.71. The molecule has 7 aromatic rings. The predicted molar refractivity (Wildman–Crippen MR) is 213 cm³/mol. The van der Waals surface area contributed by atoms with Gasteiger partial charge in [-0.1, -0.05) is 0 Å². The van der Waals surface area contributed by atoms with Gasteiger partial charge in [0.2, 0.25) is 0 Å². The SMILES string of the molecule is CC(C)(C)c1ccc(N2c3cccc4[c]3[Sb]3[c]5c(cc6ccccc6c52)Oc2cc5ccccc5c([c]23)N4c2ccc(C(C)(C)C)cc2)cc1. The summed E-state index contributed by atoms with van der Waals surface area (Å²) in [5.74, 6) is 2.05. The van der Waals surface area contributed by atoms with Crippen LogP contribution < -0.4 is 25.1 Å². The van der Waals surface area contributed by atoms with E-state index in [9.17, 15) is 0 Å². The van der Waals surface area contributed by atoms with Crippen molar-refractivity contribution < 1.29 is 4.74 Å². The summed E-state index contributed by atoms with van der Waals surface area (Å²) < 4.78 is 11.5. The first-order valence-electron chi connectivity index (χ1n) is 17.6. The summed E-state index contributed by atoms with van der Waals surface area (Å²) >= 11 is -2.71. The second-order valence-corrected chi connectivity index (χ2v) is 21.7. The molecule has 3 aliphatic rings. The summed E-state index contributed by atoms with van der Waals surface area (Å²) in [6.07, 6.45) is 0. The van der Waals surface area contributed by atoms with E-state index in [0.29, 0.717) is 0 Å². The van der Waals surface area contributed by atoms with Crippen LogP contribution in [0.3, 0.4) is 0 Å². The Morgan fingerprint density at radius 3 is 1.30 bits per heavy atom. The number of benzene rings is 7. The molecule has 50 heavy (non-hydrogen) atoms. The molecule has 10 rings (SSSR count). The normalized spacial score (nSPS) is 14.6. The molecule has 0 bridgehead atoms. The zero-order chi connectivity index (χ0) is 34.1. The molecule has 3 nitrogen and oxygen atoms in total. The summed E-state index contributed by atoms with van der Waals surface area (Å²) in [5, 5.41) is 4.97. The van der Waals surface area contributed by atoms with E-state index >= 15 is 0 Å². The average molecular weight is 758 g/mol. The van der Waals surface area contributed by atoms with Crippen molar-refractivity contribution in [3.8, 4) is 11.5 Å². The van der Waals surface area contributed by atoms with Crippen LogP contribution in [-0.2, 0) is 10.8 Å². The van der Waals surface area contributed by atoms with Gasteiger partial charge in [-0.3, -0.25) is 0 Å². The number of ether oxygens (including phenoxy) is 1. The molecule has 0 aromatic heterocycles. The van der Waals surface area contributed by atoms with Gasteiger partial charge in [0.25, 0.3) is 0 Å². The molecule has 0 spiro atoms. The molecule has 0 N–H and O–H groups in total. The molecule has 244 valence electrons. The van der Waals surface area contributed by atoms with Gasteiger partial charge in [-0.25, -0.2) is 0 Å². The summed E-state index contributed by atoms with van der Waals surface area (Å²) in [5.41, 5.74) is 10.4. The van der Waals surface area contributed by atoms with E-state index in [1.165, 1.54) is 77.3 Å². The molecular formula is C46H39N2OSb. The third kappa shape index (κ3) is 4.23. The molecule has 0 amide bonds. The Kier molecular flexibility index (Phi) is 6.27. The second kappa shape index (κ2) is 10.4. The van der Waals surface area contributed by atoms with E-state index < -0.39 is 20.2 Å². The molecule has 3 heterocycles. The Labute approximate surface area is 301 Å². The van der Waals surface area contributed by atoms with E-state index in [4.69, 9.17) is 4.74 Å². The summed E-state index contributed by atoms with van der Waals surface area (Å²) in [6.45, 7) is 13.7. The molecule has 0 radical (unpaired) electrons. The molecule has 0 atom stereocenters. The minimum absolute atomic E-state index is 0.0743. The molecule has 0 unspecified atom stereocenters. The number of fused-ring (bicyclic) bond motifs is 4. The van der Waals surface area contributed by atoms with Gasteiger partial charge in [-0.2, -0.15) is 0 Å². The maximum absolute atomic E-state index is 7.15. The van der Waals surface area contributed by atoms with E-state index in [0.717, 1.165) is 11.5 Å². The third-order valence-corrected chi connectivity index (χ3v) is 18.3. The van der Waals surface area contributed by atoms with Gasteiger partial charge >= 0.3 is 303 Å². The van der Waals surface area contributed by atoms with Crippen LogP contribution >= 0.6 is 0 Å². The van der Waals surface area contributed by atoms with E-state index in [-0.39, 0.29) is 10.8 Å². The molecule has 0 fully saturated rings. The molecule has 0 aliphatic carbocycles. The van der Waals surface area contributed by atoms with E-state index in [1.54, 1.807) is 0 Å². The third-order valence-electron chi connectivity index (χ3n) is 10.7. The van der Waals surface area contributed by atoms with E-state index in [2.05, 4.69) is 179 Å². The van der Waals surface area contributed by atoms with Gasteiger partial charge in [-0.05, 0) is 0 Å². The van der Waals surface area contributed by atoms with Gasteiger partial charge in [0.05, 0.1) is 0 Å². The van der Waals surface area contributed by atoms with Crippen LogP contribution in [0.25, 0.3) is 21.5 Å². The molecule has 3 aliphatic heterocycles. The standard InChI is InChI=1S/C46H39N2O.Sb/c1-45(2,3)33-18-22-35(23-19-33)47-37-14-11-15-38(28-37)48(36-24-20-34(21-25-36)46(4,5)6)44-30-40(27-32-13-8-10-17-42(32)44)49-39-26-31-12-7-9-16-41(31)43(47)29-39;/h7-27H,1-6H3;. The van der Waals surface area contributed by atoms with Crippen molar-refractivity contribution in [3.63, 3.8) is 0 Å². The Morgan fingerprint density at radius 2 is 0.880 bits per heavy atom. The average Bonchev–Trinajstić information content (AvgIpc) is 3.11. The van der Waals surface area contributed by atoms with Crippen molar-refractivity contribution >= 4 is 86.4 Å². The van der Waals surface area contributed by atoms with Gasteiger partial charge in [-0.15, -0.1) is 0 Å². The van der Waals surface area contributed by atoms with Crippen molar-refractivity contribution in [1.29, 1.82) is 0 Å². The quantitative estimate of drug-likeness (QED) is 0.163.